The van der Waals surface area contributed by atoms with Crippen molar-refractivity contribution < 1.29 is 27.5 Å². The lowest BCUT2D eigenvalue weighted by Gasteiger charge is -2.23. The van der Waals surface area contributed by atoms with Gasteiger partial charge in [-0.2, -0.15) is 0 Å². The van der Waals surface area contributed by atoms with Crippen LogP contribution in [-0.2, 0) is 26.1 Å². The second kappa shape index (κ2) is 11.0. The summed E-state index contributed by atoms with van der Waals surface area (Å²) in [6, 6.07) is 19.6. The van der Waals surface area contributed by atoms with Gasteiger partial charge in [0.1, 0.15) is 5.75 Å². The maximum absolute atomic E-state index is 12.3. The molecule has 3 rings (SSSR count). The largest absolute Gasteiger partial charge is 0.484 e. The Morgan fingerprint density at radius 2 is 1.56 bits per heavy atom. The molecule has 0 radical (unpaired) electrons. The predicted octanol–water partition coefficient (Wildman–Crippen LogP) is 4.11. The van der Waals surface area contributed by atoms with Crippen molar-refractivity contribution in [2.45, 2.75) is 6.54 Å². The van der Waals surface area contributed by atoms with Gasteiger partial charge in [0.25, 0.3) is 5.91 Å². The number of anilines is 2. The predicted molar refractivity (Wildman–Crippen MR) is 131 cm³/mol. The van der Waals surface area contributed by atoms with Gasteiger partial charge in [0.05, 0.1) is 31.2 Å². The van der Waals surface area contributed by atoms with Crippen LogP contribution in [0.5, 0.6) is 5.75 Å². The van der Waals surface area contributed by atoms with Crippen LogP contribution in [0, 0.1) is 0 Å². The highest BCUT2D eigenvalue weighted by atomic mass is 35.5. The highest BCUT2D eigenvalue weighted by Crippen LogP contribution is 2.24. The van der Waals surface area contributed by atoms with E-state index in [1.165, 1.54) is 11.4 Å². The van der Waals surface area contributed by atoms with E-state index in [9.17, 15) is 18.0 Å². The number of amides is 1. The van der Waals surface area contributed by atoms with Gasteiger partial charge in [-0.1, -0.05) is 23.7 Å². The van der Waals surface area contributed by atoms with E-state index in [1.54, 1.807) is 72.8 Å². The molecule has 0 aliphatic rings. The average Bonchev–Trinajstić information content (AvgIpc) is 2.82. The fourth-order valence-electron chi connectivity index (χ4n) is 3.02. The molecule has 0 heterocycles. The van der Waals surface area contributed by atoms with Gasteiger partial charge >= 0.3 is 5.97 Å². The molecule has 178 valence electrons. The van der Waals surface area contributed by atoms with E-state index in [0.717, 1.165) is 11.8 Å². The van der Waals surface area contributed by atoms with Gasteiger partial charge in [0.2, 0.25) is 10.0 Å². The van der Waals surface area contributed by atoms with E-state index < -0.39 is 21.9 Å². The molecule has 0 saturated heterocycles. The first-order chi connectivity index (χ1) is 16.2. The quantitative estimate of drug-likeness (QED) is 0.442. The Morgan fingerprint density at radius 1 is 0.941 bits per heavy atom. The number of carbonyl (C=O) groups excluding carboxylic acids is 2. The summed E-state index contributed by atoms with van der Waals surface area (Å²) in [6.45, 7) is -0.105. The number of halogens is 1. The van der Waals surface area contributed by atoms with Gasteiger partial charge in [0, 0.05) is 10.7 Å². The third-order valence-corrected chi connectivity index (χ3v) is 6.12. The Kier molecular flexibility index (Phi) is 8.14. The number of nitrogens with zero attached hydrogens (tertiary/aromatic N) is 1. The molecule has 3 aromatic rings. The van der Waals surface area contributed by atoms with Crippen molar-refractivity contribution >= 4 is 44.9 Å². The summed E-state index contributed by atoms with van der Waals surface area (Å²) in [6.07, 6.45) is 1.13. The number of esters is 1. The van der Waals surface area contributed by atoms with Crippen LogP contribution >= 0.6 is 11.6 Å². The van der Waals surface area contributed by atoms with Crippen molar-refractivity contribution in [1.82, 2.24) is 0 Å². The summed E-state index contributed by atoms with van der Waals surface area (Å²) < 4.78 is 36.1. The second-order valence-corrected chi connectivity index (χ2v) is 9.64. The summed E-state index contributed by atoms with van der Waals surface area (Å²) in [5.74, 6) is -0.456. The van der Waals surface area contributed by atoms with Gasteiger partial charge in [-0.15, -0.1) is 0 Å². The Morgan fingerprint density at radius 3 is 2.12 bits per heavy atom. The molecule has 1 N–H and O–H groups in total. The van der Waals surface area contributed by atoms with Crippen molar-refractivity contribution in [3.8, 4) is 5.75 Å². The highest BCUT2D eigenvalue weighted by molar-refractivity contribution is 7.92. The lowest BCUT2D eigenvalue weighted by molar-refractivity contribution is -0.118. The number of ether oxygens (including phenoxy) is 2. The van der Waals surface area contributed by atoms with Gasteiger partial charge in [-0.3, -0.25) is 9.10 Å². The van der Waals surface area contributed by atoms with Crippen LogP contribution in [0.4, 0.5) is 11.4 Å². The minimum absolute atomic E-state index is 0.146. The molecule has 3 aromatic carbocycles. The Bertz CT molecular complexity index is 1240. The number of sulfonamides is 1. The maximum atomic E-state index is 12.3. The summed E-state index contributed by atoms with van der Waals surface area (Å²) in [5, 5.41) is 3.23. The molecule has 0 atom stereocenters. The third kappa shape index (κ3) is 6.97. The van der Waals surface area contributed by atoms with E-state index in [0.29, 0.717) is 27.7 Å². The van der Waals surface area contributed by atoms with Crippen LogP contribution in [0.2, 0.25) is 5.02 Å². The molecule has 34 heavy (non-hydrogen) atoms. The normalized spacial score (nSPS) is 10.9. The van der Waals surface area contributed by atoms with E-state index in [1.807, 2.05) is 0 Å². The fourth-order valence-corrected chi connectivity index (χ4v) is 4.03. The smallest absolute Gasteiger partial charge is 0.337 e. The van der Waals surface area contributed by atoms with Crippen LogP contribution in [0.25, 0.3) is 0 Å². The van der Waals surface area contributed by atoms with Crippen molar-refractivity contribution in [3.05, 3.63) is 88.9 Å². The minimum atomic E-state index is -3.54. The van der Waals surface area contributed by atoms with Crippen LogP contribution in [-0.4, -0.2) is 40.3 Å². The van der Waals surface area contributed by atoms with Crippen LogP contribution in [0.1, 0.15) is 15.9 Å². The molecule has 0 spiro atoms. The zero-order valence-electron chi connectivity index (χ0n) is 18.5. The highest BCUT2D eigenvalue weighted by Gasteiger charge is 2.18. The molecule has 0 bridgehead atoms. The molecule has 10 heteroatoms. The van der Waals surface area contributed by atoms with E-state index in [4.69, 9.17) is 16.3 Å². The van der Waals surface area contributed by atoms with Crippen molar-refractivity contribution in [1.29, 1.82) is 0 Å². The number of hydrogen-bond donors (Lipinski definition) is 1. The van der Waals surface area contributed by atoms with Crippen LogP contribution in [0.3, 0.4) is 0 Å². The first-order valence-electron chi connectivity index (χ1n) is 10.1. The Hall–Kier alpha value is -3.56. The molecular formula is C24H23ClN2O6S. The van der Waals surface area contributed by atoms with E-state index in [2.05, 4.69) is 10.1 Å². The average molecular weight is 503 g/mol. The summed E-state index contributed by atoms with van der Waals surface area (Å²) in [7, 11) is -2.25. The summed E-state index contributed by atoms with van der Waals surface area (Å²) in [4.78, 5) is 23.6. The van der Waals surface area contributed by atoms with Crippen LogP contribution < -0.4 is 14.4 Å². The van der Waals surface area contributed by atoms with E-state index >= 15 is 0 Å². The number of rotatable bonds is 9. The molecule has 0 fully saturated rings. The van der Waals surface area contributed by atoms with Crippen molar-refractivity contribution in [2.24, 2.45) is 0 Å². The lowest BCUT2D eigenvalue weighted by Crippen LogP contribution is -2.29. The molecule has 1 amide bonds. The van der Waals surface area contributed by atoms with Gasteiger partial charge < -0.3 is 14.8 Å². The Labute approximate surface area is 203 Å². The number of benzene rings is 3. The lowest BCUT2D eigenvalue weighted by atomic mass is 10.2. The number of methoxy groups -OCH3 is 1. The molecule has 8 nitrogen and oxygen atoms in total. The summed E-state index contributed by atoms with van der Waals surface area (Å²) >= 11 is 5.90. The van der Waals surface area contributed by atoms with Gasteiger partial charge in [-0.25, -0.2) is 13.2 Å². The topological polar surface area (TPSA) is 102 Å². The summed E-state index contributed by atoms with van der Waals surface area (Å²) in [5.41, 5.74) is 2.12. The first-order valence-corrected chi connectivity index (χ1v) is 12.3. The molecule has 0 aliphatic heterocycles. The van der Waals surface area contributed by atoms with Gasteiger partial charge in [-0.05, 0) is 66.2 Å². The van der Waals surface area contributed by atoms with Crippen molar-refractivity contribution in [2.75, 3.05) is 29.6 Å². The molecule has 0 unspecified atom stereocenters. The second-order valence-electron chi connectivity index (χ2n) is 7.30. The number of hydrogen-bond acceptors (Lipinski definition) is 6. The van der Waals surface area contributed by atoms with Crippen LogP contribution in [0.15, 0.2) is 72.8 Å². The zero-order chi connectivity index (χ0) is 24.7. The molecule has 0 aromatic heterocycles. The first kappa shape index (κ1) is 25.1. The number of nitrogens with one attached hydrogen (secondary N) is 1. The minimum Gasteiger partial charge on any atom is -0.484 e. The SMILES string of the molecule is COC(=O)c1ccc(NC(=O)COc2ccc(N(Cc3ccc(Cl)cc3)S(C)(=O)=O)cc2)cc1. The standard InChI is InChI=1S/C24H23ClN2O6S/c1-32-24(29)18-5-9-20(10-6-18)26-23(28)16-33-22-13-11-21(12-14-22)27(34(2,30)31)15-17-3-7-19(25)8-4-17/h3-14H,15-16H2,1-2H3,(H,26,28). The van der Waals surface area contributed by atoms with E-state index in [-0.39, 0.29) is 13.2 Å². The monoisotopic (exact) mass is 502 g/mol. The van der Waals surface area contributed by atoms with Crippen molar-refractivity contribution in [3.63, 3.8) is 0 Å². The third-order valence-electron chi connectivity index (χ3n) is 4.72. The maximum Gasteiger partial charge on any atom is 0.337 e. The molecule has 0 aliphatic carbocycles. The number of carbonyl (C=O) groups is 2. The molecular weight excluding hydrogens is 480 g/mol. The zero-order valence-corrected chi connectivity index (χ0v) is 20.1. The fraction of sp³-hybridized carbons (Fsp3) is 0.167. The Balaban J connectivity index is 1.60. The van der Waals surface area contributed by atoms with Gasteiger partial charge in [0.15, 0.2) is 6.61 Å². The molecule has 0 saturated carbocycles.